The van der Waals surface area contributed by atoms with Crippen molar-refractivity contribution in [2.75, 3.05) is 17.7 Å². The van der Waals surface area contributed by atoms with Crippen molar-refractivity contribution in [1.82, 2.24) is 9.97 Å². The van der Waals surface area contributed by atoms with Crippen molar-refractivity contribution in [2.24, 2.45) is 0 Å². The van der Waals surface area contributed by atoms with Crippen LogP contribution in [0, 0.1) is 10.1 Å². The molecule has 2 N–H and O–H groups in total. The van der Waals surface area contributed by atoms with Crippen molar-refractivity contribution in [3.8, 4) is 0 Å². The second-order valence-electron chi connectivity index (χ2n) is 4.20. The molecule has 1 atom stereocenters. The van der Waals surface area contributed by atoms with Crippen LogP contribution in [-0.2, 0) is 0 Å². The highest BCUT2D eigenvalue weighted by Gasteiger charge is 2.23. The van der Waals surface area contributed by atoms with Crippen LogP contribution in [0.4, 0.5) is 17.3 Å². The Labute approximate surface area is 116 Å². The van der Waals surface area contributed by atoms with Gasteiger partial charge in [0.2, 0.25) is 11.6 Å². The van der Waals surface area contributed by atoms with Crippen LogP contribution in [0.1, 0.15) is 18.5 Å². The molecule has 0 aliphatic carbocycles. The number of anilines is 2. The minimum atomic E-state index is -0.494. The molecule has 0 spiro atoms. The van der Waals surface area contributed by atoms with Crippen molar-refractivity contribution >= 4 is 17.3 Å². The van der Waals surface area contributed by atoms with E-state index in [-0.39, 0.29) is 23.4 Å². The zero-order valence-corrected chi connectivity index (χ0v) is 11.2. The maximum atomic E-state index is 11.2. The summed E-state index contributed by atoms with van der Waals surface area (Å²) in [6, 6.07) is 9.55. The van der Waals surface area contributed by atoms with Crippen molar-refractivity contribution in [3.05, 3.63) is 52.3 Å². The second-order valence-corrected chi connectivity index (χ2v) is 4.20. The average molecular weight is 273 g/mol. The molecule has 1 aromatic carbocycles. The predicted octanol–water partition coefficient (Wildman–Crippen LogP) is 2.60. The zero-order chi connectivity index (χ0) is 14.5. The number of hydrogen-bond donors (Lipinski definition) is 2. The highest BCUT2D eigenvalue weighted by atomic mass is 16.6. The molecule has 1 heterocycles. The molecule has 1 unspecified atom stereocenters. The van der Waals surface area contributed by atoms with Gasteiger partial charge >= 0.3 is 5.69 Å². The van der Waals surface area contributed by atoms with Crippen LogP contribution in [0.2, 0.25) is 0 Å². The summed E-state index contributed by atoms with van der Waals surface area (Å²) in [5.41, 5.74) is 0.865. The monoisotopic (exact) mass is 273 g/mol. The summed E-state index contributed by atoms with van der Waals surface area (Å²) in [5, 5.41) is 16.9. The Morgan fingerprint density at radius 3 is 2.45 bits per heavy atom. The lowest BCUT2D eigenvalue weighted by atomic mass is 10.1. The van der Waals surface area contributed by atoms with E-state index in [9.17, 15) is 10.1 Å². The standard InChI is InChI=1S/C13H15N5O2/c1-9(10-6-4-3-5-7-10)17-13-11(18(19)20)12(14-2)15-8-16-13/h3-9H,1-2H3,(H2,14,15,16,17). The number of nitrogens with one attached hydrogen (secondary N) is 2. The van der Waals surface area contributed by atoms with E-state index in [0.29, 0.717) is 0 Å². The van der Waals surface area contributed by atoms with Crippen LogP contribution in [0.15, 0.2) is 36.7 Å². The van der Waals surface area contributed by atoms with E-state index < -0.39 is 4.92 Å². The highest BCUT2D eigenvalue weighted by Crippen LogP contribution is 2.30. The topological polar surface area (TPSA) is 93.0 Å². The van der Waals surface area contributed by atoms with Gasteiger partial charge in [-0.05, 0) is 12.5 Å². The van der Waals surface area contributed by atoms with E-state index in [2.05, 4.69) is 20.6 Å². The smallest absolute Gasteiger partial charge is 0.353 e. The minimum Gasteiger partial charge on any atom is -0.367 e. The fraction of sp³-hybridized carbons (Fsp3) is 0.231. The quantitative estimate of drug-likeness (QED) is 0.642. The van der Waals surface area contributed by atoms with Crippen LogP contribution in [0.3, 0.4) is 0 Å². The number of nitro groups is 1. The first-order chi connectivity index (χ1) is 9.63. The molecule has 0 saturated heterocycles. The first-order valence-electron chi connectivity index (χ1n) is 6.12. The number of benzene rings is 1. The van der Waals surface area contributed by atoms with Gasteiger partial charge in [0.1, 0.15) is 6.33 Å². The SMILES string of the molecule is CNc1ncnc(NC(C)c2ccccc2)c1[N+](=O)[O-]. The lowest BCUT2D eigenvalue weighted by molar-refractivity contribution is -0.383. The predicted molar refractivity (Wildman–Crippen MR) is 76.7 cm³/mol. The van der Waals surface area contributed by atoms with E-state index in [1.54, 1.807) is 7.05 Å². The number of aromatic nitrogens is 2. The van der Waals surface area contributed by atoms with Gasteiger partial charge in [-0.1, -0.05) is 30.3 Å². The van der Waals surface area contributed by atoms with E-state index in [0.717, 1.165) is 5.56 Å². The Kier molecular flexibility index (Phi) is 4.09. The van der Waals surface area contributed by atoms with Crippen LogP contribution >= 0.6 is 0 Å². The minimum absolute atomic E-state index is 0.102. The van der Waals surface area contributed by atoms with Gasteiger partial charge < -0.3 is 10.6 Å². The van der Waals surface area contributed by atoms with E-state index in [1.165, 1.54) is 6.33 Å². The molecule has 2 rings (SSSR count). The molecule has 0 aliphatic heterocycles. The zero-order valence-electron chi connectivity index (χ0n) is 11.2. The fourth-order valence-corrected chi connectivity index (χ4v) is 1.87. The van der Waals surface area contributed by atoms with Crippen molar-refractivity contribution in [1.29, 1.82) is 0 Å². The molecule has 0 aliphatic rings. The molecular formula is C13H15N5O2. The van der Waals surface area contributed by atoms with Crippen molar-refractivity contribution in [3.63, 3.8) is 0 Å². The van der Waals surface area contributed by atoms with E-state index in [1.807, 2.05) is 37.3 Å². The average Bonchev–Trinajstić information content (AvgIpc) is 2.47. The summed E-state index contributed by atoms with van der Waals surface area (Å²) in [7, 11) is 1.58. The third-order valence-corrected chi connectivity index (χ3v) is 2.89. The van der Waals surface area contributed by atoms with Gasteiger partial charge in [0.25, 0.3) is 0 Å². The summed E-state index contributed by atoms with van der Waals surface area (Å²) < 4.78 is 0. The molecule has 2 aromatic rings. The van der Waals surface area contributed by atoms with Gasteiger partial charge in [-0.2, -0.15) is 0 Å². The Bertz CT molecular complexity index is 603. The van der Waals surface area contributed by atoms with Crippen LogP contribution in [0.5, 0.6) is 0 Å². The van der Waals surface area contributed by atoms with Gasteiger partial charge in [0, 0.05) is 7.05 Å². The molecule has 0 bridgehead atoms. The molecule has 7 nitrogen and oxygen atoms in total. The third-order valence-electron chi connectivity index (χ3n) is 2.89. The molecule has 104 valence electrons. The summed E-state index contributed by atoms with van der Waals surface area (Å²) in [5.74, 6) is 0.387. The normalized spacial score (nSPS) is 11.7. The molecule has 20 heavy (non-hydrogen) atoms. The summed E-state index contributed by atoms with van der Waals surface area (Å²) in [6.45, 7) is 1.92. The van der Waals surface area contributed by atoms with Gasteiger partial charge in [0.05, 0.1) is 11.0 Å². The van der Waals surface area contributed by atoms with Crippen molar-refractivity contribution in [2.45, 2.75) is 13.0 Å². The number of rotatable bonds is 5. The summed E-state index contributed by atoms with van der Waals surface area (Å²) >= 11 is 0. The molecule has 0 fully saturated rings. The lowest BCUT2D eigenvalue weighted by Crippen LogP contribution is -2.11. The van der Waals surface area contributed by atoms with Crippen molar-refractivity contribution < 1.29 is 4.92 Å². The van der Waals surface area contributed by atoms with E-state index >= 15 is 0 Å². The Morgan fingerprint density at radius 1 is 1.20 bits per heavy atom. The highest BCUT2D eigenvalue weighted by molar-refractivity contribution is 5.69. The number of hydrogen-bond acceptors (Lipinski definition) is 6. The Balaban J connectivity index is 2.32. The van der Waals surface area contributed by atoms with Gasteiger partial charge in [-0.15, -0.1) is 0 Å². The third kappa shape index (κ3) is 2.82. The largest absolute Gasteiger partial charge is 0.367 e. The van der Waals surface area contributed by atoms with E-state index in [4.69, 9.17) is 0 Å². The Hall–Kier alpha value is -2.70. The van der Waals surface area contributed by atoms with Crippen LogP contribution in [0.25, 0.3) is 0 Å². The van der Waals surface area contributed by atoms with Gasteiger partial charge in [-0.3, -0.25) is 10.1 Å². The molecule has 7 heteroatoms. The first-order valence-corrected chi connectivity index (χ1v) is 6.12. The molecule has 0 amide bonds. The molecule has 0 radical (unpaired) electrons. The summed E-state index contributed by atoms with van der Waals surface area (Å²) in [4.78, 5) is 18.5. The molecule has 0 saturated carbocycles. The molecular weight excluding hydrogens is 258 g/mol. The number of nitrogens with zero attached hydrogens (tertiary/aromatic N) is 3. The molecule has 1 aromatic heterocycles. The summed E-state index contributed by atoms with van der Waals surface area (Å²) in [6.07, 6.45) is 1.29. The van der Waals surface area contributed by atoms with Gasteiger partial charge in [0.15, 0.2) is 0 Å². The second kappa shape index (κ2) is 5.96. The van der Waals surface area contributed by atoms with Crippen LogP contribution < -0.4 is 10.6 Å². The van der Waals surface area contributed by atoms with Gasteiger partial charge in [-0.25, -0.2) is 9.97 Å². The first kappa shape index (κ1) is 13.7. The maximum absolute atomic E-state index is 11.2. The van der Waals surface area contributed by atoms with Crippen LogP contribution in [-0.4, -0.2) is 21.9 Å². The maximum Gasteiger partial charge on any atom is 0.353 e. The fourth-order valence-electron chi connectivity index (χ4n) is 1.87. The lowest BCUT2D eigenvalue weighted by Gasteiger charge is -2.15. The Morgan fingerprint density at radius 2 is 1.85 bits per heavy atom.